The van der Waals surface area contributed by atoms with Crippen LogP contribution in [-0.2, 0) is 37.7 Å². The Hall–Kier alpha value is -1.03. The Balaban J connectivity index is 4.29. The molecule has 0 amide bonds. The SMILES string of the molecule is CCCCCCCCCCCCCC(=O)OCC(CO[PH](=O)OOCCNCCN)OC(=O)CCCCCCCCCCCCC. The summed E-state index contributed by atoms with van der Waals surface area (Å²) in [5.41, 5.74) is 5.41. The molecule has 2 atom stereocenters. The predicted octanol–water partition coefficient (Wildman–Crippen LogP) is 8.75. The maximum atomic E-state index is 12.5. The van der Waals surface area contributed by atoms with Crippen LogP contribution >= 0.6 is 8.25 Å². The molecule has 0 aliphatic rings. The number of nitrogens with one attached hydrogen (secondary N) is 1. The van der Waals surface area contributed by atoms with E-state index in [0.717, 1.165) is 38.5 Å². The second kappa shape index (κ2) is 36.8. The van der Waals surface area contributed by atoms with Crippen LogP contribution in [-0.4, -0.2) is 57.5 Å². The molecule has 0 saturated carbocycles. The third kappa shape index (κ3) is 34.3. The zero-order chi connectivity index (χ0) is 33.8. The number of carbonyl (C=O) groups is 2. The average Bonchev–Trinajstić information content (AvgIpc) is 3.05. The van der Waals surface area contributed by atoms with Gasteiger partial charge in [0, 0.05) is 32.5 Å². The van der Waals surface area contributed by atoms with Gasteiger partial charge in [0.1, 0.15) is 6.61 Å². The van der Waals surface area contributed by atoms with Gasteiger partial charge in [-0.15, -0.1) is 0 Å². The molecule has 0 aromatic heterocycles. The largest absolute Gasteiger partial charge is 0.462 e. The Morgan fingerprint density at radius 2 is 1.09 bits per heavy atom. The fraction of sp³-hybridized carbons (Fsp3) is 0.943. The van der Waals surface area contributed by atoms with Gasteiger partial charge in [0.25, 0.3) is 0 Å². The van der Waals surface area contributed by atoms with Crippen LogP contribution in [0.2, 0.25) is 0 Å². The monoisotopic (exact) mass is 678 g/mol. The van der Waals surface area contributed by atoms with E-state index in [-0.39, 0.29) is 38.2 Å². The third-order valence-corrected chi connectivity index (χ3v) is 8.55. The Morgan fingerprint density at radius 1 is 0.630 bits per heavy atom. The van der Waals surface area contributed by atoms with E-state index < -0.39 is 14.4 Å². The number of hydrogen-bond donors (Lipinski definition) is 2. The summed E-state index contributed by atoms with van der Waals surface area (Å²) in [6.45, 7) is 5.90. The topological polar surface area (TPSA) is 135 Å². The van der Waals surface area contributed by atoms with Gasteiger partial charge in [-0.2, -0.15) is 4.67 Å². The first kappa shape index (κ1) is 45.0. The minimum absolute atomic E-state index is 0.153. The molecule has 0 fully saturated rings. The predicted molar refractivity (Wildman–Crippen MR) is 187 cm³/mol. The summed E-state index contributed by atoms with van der Waals surface area (Å²) >= 11 is 0. The van der Waals surface area contributed by atoms with Gasteiger partial charge in [-0.1, -0.05) is 142 Å². The normalized spacial score (nSPS) is 12.7. The number of carbonyl (C=O) groups excluding carboxylic acids is 2. The first-order valence-corrected chi connectivity index (χ1v) is 20.0. The summed E-state index contributed by atoms with van der Waals surface area (Å²) < 4.78 is 33.1. The lowest BCUT2D eigenvalue weighted by Crippen LogP contribution is -2.29. The lowest BCUT2D eigenvalue weighted by molar-refractivity contribution is -0.208. The minimum atomic E-state index is -2.98. The van der Waals surface area contributed by atoms with Crippen LogP contribution < -0.4 is 11.1 Å². The molecule has 11 heteroatoms. The number of nitrogens with two attached hydrogens (primary N) is 1. The summed E-state index contributed by atoms with van der Waals surface area (Å²) in [5.74, 6) is -0.715. The zero-order valence-electron chi connectivity index (χ0n) is 29.6. The van der Waals surface area contributed by atoms with Gasteiger partial charge in [0.15, 0.2) is 6.10 Å². The van der Waals surface area contributed by atoms with Crippen LogP contribution in [0.3, 0.4) is 0 Å². The molecule has 0 aliphatic heterocycles. The van der Waals surface area contributed by atoms with Gasteiger partial charge in [-0.05, 0) is 12.8 Å². The molecule has 10 nitrogen and oxygen atoms in total. The molecule has 0 aliphatic carbocycles. The molecule has 0 aromatic carbocycles. The highest BCUT2D eigenvalue weighted by Crippen LogP contribution is 2.24. The molecule has 2 unspecified atom stereocenters. The van der Waals surface area contributed by atoms with E-state index in [1.807, 2.05) is 0 Å². The zero-order valence-corrected chi connectivity index (χ0v) is 30.6. The maximum Gasteiger partial charge on any atom is 0.347 e. The number of ether oxygens (including phenoxy) is 2. The van der Waals surface area contributed by atoms with Crippen molar-refractivity contribution in [3.63, 3.8) is 0 Å². The van der Waals surface area contributed by atoms with E-state index in [9.17, 15) is 14.2 Å². The number of esters is 2. The quantitative estimate of drug-likeness (QED) is 0.0216. The highest BCUT2D eigenvalue weighted by atomic mass is 31.1. The first-order valence-electron chi connectivity index (χ1n) is 18.8. The van der Waals surface area contributed by atoms with Crippen molar-refractivity contribution < 1.29 is 37.7 Å². The molecule has 0 bridgehead atoms. The van der Waals surface area contributed by atoms with Gasteiger partial charge in [0.2, 0.25) is 0 Å². The summed E-state index contributed by atoms with van der Waals surface area (Å²) in [6, 6.07) is 0. The first-order chi connectivity index (χ1) is 22.5. The van der Waals surface area contributed by atoms with Gasteiger partial charge in [-0.25, -0.2) is 4.89 Å². The van der Waals surface area contributed by atoms with Crippen molar-refractivity contribution in [1.29, 1.82) is 0 Å². The molecule has 0 aromatic rings. The molecule has 0 saturated heterocycles. The van der Waals surface area contributed by atoms with Gasteiger partial charge < -0.3 is 25.0 Å². The third-order valence-electron chi connectivity index (χ3n) is 7.89. The molecular formula is C35H71N2O8P. The standard InChI is InChI=1S/C35H71N2O8P/c1-3-5-7-9-11-13-15-17-19-21-23-25-34(38)41-31-33(32-43-46(40)45-42-30-29-37-28-27-36)44-35(39)26-24-22-20-18-16-14-12-10-8-6-4-2/h33,37,46H,3-32,36H2,1-2H3. The van der Waals surface area contributed by atoms with Crippen molar-refractivity contribution in [2.24, 2.45) is 5.73 Å². The maximum absolute atomic E-state index is 12.5. The number of rotatable bonds is 37. The Kier molecular flexibility index (Phi) is 36.0. The number of unbranched alkanes of at least 4 members (excludes halogenated alkanes) is 20. The van der Waals surface area contributed by atoms with Crippen LogP contribution in [0.15, 0.2) is 0 Å². The fourth-order valence-electron chi connectivity index (χ4n) is 5.10. The van der Waals surface area contributed by atoms with E-state index in [1.54, 1.807) is 0 Å². The fourth-order valence-corrected chi connectivity index (χ4v) is 5.65. The molecule has 274 valence electrons. The van der Waals surface area contributed by atoms with Crippen LogP contribution in [0, 0.1) is 0 Å². The molecule has 0 radical (unpaired) electrons. The molecule has 3 N–H and O–H groups in total. The van der Waals surface area contributed by atoms with Crippen LogP contribution in [0.5, 0.6) is 0 Å². The minimum Gasteiger partial charge on any atom is -0.462 e. The smallest absolute Gasteiger partial charge is 0.347 e. The Labute approximate surface area is 282 Å². The summed E-state index contributed by atoms with van der Waals surface area (Å²) in [7, 11) is -2.98. The average molecular weight is 679 g/mol. The second-order valence-electron chi connectivity index (χ2n) is 12.4. The van der Waals surface area contributed by atoms with Crippen molar-refractivity contribution in [1.82, 2.24) is 5.32 Å². The van der Waals surface area contributed by atoms with E-state index in [2.05, 4.69) is 19.2 Å². The van der Waals surface area contributed by atoms with E-state index in [4.69, 9.17) is 29.3 Å². The molecule has 0 spiro atoms. The van der Waals surface area contributed by atoms with Gasteiger partial charge >= 0.3 is 20.2 Å². The summed E-state index contributed by atoms with van der Waals surface area (Å²) in [6.07, 6.45) is 26.1. The lowest BCUT2D eigenvalue weighted by Gasteiger charge is -2.18. The highest BCUT2D eigenvalue weighted by Gasteiger charge is 2.19. The van der Waals surface area contributed by atoms with E-state index in [1.165, 1.54) is 103 Å². The molecule has 46 heavy (non-hydrogen) atoms. The summed E-state index contributed by atoms with van der Waals surface area (Å²) in [4.78, 5) is 29.8. The molecular weight excluding hydrogens is 607 g/mol. The van der Waals surface area contributed by atoms with Crippen molar-refractivity contribution in [3.05, 3.63) is 0 Å². The van der Waals surface area contributed by atoms with Crippen molar-refractivity contribution in [2.45, 2.75) is 174 Å². The second-order valence-corrected chi connectivity index (χ2v) is 13.3. The van der Waals surface area contributed by atoms with E-state index >= 15 is 0 Å². The molecule has 0 rings (SSSR count). The van der Waals surface area contributed by atoms with Crippen molar-refractivity contribution >= 4 is 20.2 Å². The Morgan fingerprint density at radius 3 is 1.57 bits per heavy atom. The van der Waals surface area contributed by atoms with Crippen molar-refractivity contribution in [3.8, 4) is 0 Å². The lowest BCUT2D eigenvalue weighted by atomic mass is 10.1. The van der Waals surface area contributed by atoms with Gasteiger partial charge in [-0.3, -0.25) is 14.2 Å². The van der Waals surface area contributed by atoms with Crippen LogP contribution in [0.25, 0.3) is 0 Å². The van der Waals surface area contributed by atoms with Crippen LogP contribution in [0.1, 0.15) is 168 Å². The van der Waals surface area contributed by atoms with E-state index in [0.29, 0.717) is 26.1 Å². The number of hydrogen-bond acceptors (Lipinski definition) is 10. The Bertz CT molecular complexity index is 702. The summed E-state index contributed by atoms with van der Waals surface area (Å²) in [5, 5.41) is 3.02. The van der Waals surface area contributed by atoms with Gasteiger partial charge in [0.05, 0.1) is 13.2 Å². The highest BCUT2D eigenvalue weighted by molar-refractivity contribution is 7.33. The van der Waals surface area contributed by atoms with Crippen LogP contribution in [0.4, 0.5) is 0 Å². The molecule has 0 heterocycles. The van der Waals surface area contributed by atoms with Crippen molar-refractivity contribution in [2.75, 3.05) is 39.5 Å².